The van der Waals surface area contributed by atoms with Crippen LogP contribution in [0.2, 0.25) is 0 Å². The van der Waals surface area contributed by atoms with Crippen molar-refractivity contribution in [1.29, 1.82) is 42.1 Å². The Morgan fingerprint density at radius 2 is 0.724 bits per heavy atom. The molecule has 0 radical (unpaired) electrons. The van der Waals surface area contributed by atoms with Crippen LogP contribution >= 0.6 is 0 Å². The molecule has 0 aliphatic heterocycles. The number of benzene rings is 9. The van der Waals surface area contributed by atoms with E-state index in [4.69, 9.17) is 0 Å². The van der Waals surface area contributed by atoms with Crippen molar-refractivity contribution in [2.24, 2.45) is 0 Å². The van der Waals surface area contributed by atoms with Gasteiger partial charge in [-0.3, -0.25) is 0 Å². The minimum atomic E-state index is -4.70. The summed E-state index contributed by atoms with van der Waals surface area (Å²) in [5, 5.41) is 84.2. The summed E-state index contributed by atoms with van der Waals surface area (Å²) in [6.07, 6.45) is -4.70. The van der Waals surface area contributed by atoms with Gasteiger partial charge in [-0.1, -0.05) is 72.8 Å². The molecule has 2 aromatic heterocycles. The number of rotatable bonds is 6. The molecular weight excluding hydrogens is 954 g/mol. The molecule has 0 spiro atoms. The van der Waals surface area contributed by atoms with Crippen molar-refractivity contribution in [3.8, 4) is 104 Å². The second-order valence-electron chi connectivity index (χ2n) is 17.7. The molecule has 0 fully saturated rings. The van der Waals surface area contributed by atoms with E-state index in [0.717, 1.165) is 33.8 Å². The molecule has 0 unspecified atom stereocenters. The van der Waals surface area contributed by atoms with Crippen molar-refractivity contribution in [2.45, 2.75) is 6.18 Å². The van der Waals surface area contributed by atoms with Crippen LogP contribution in [0.15, 0.2) is 164 Å². The Labute approximate surface area is 430 Å². The van der Waals surface area contributed by atoms with Gasteiger partial charge in [0.25, 0.3) is 0 Å². The largest absolute Gasteiger partial charge is 0.416 e. The van der Waals surface area contributed by atoms with Gasteiger partial charge in [0.15, 0.2) is 0 Å². The monoisotopic (exact) mass is 980 g/mol. The summed E-state index contributed by atoms with van der Waals surface area (Å²) in [5.74, 6) is 0. The second kappa shape index (κ2) is 18.2. The number of nitrogens with zero attached hydrogens (tertiary/aromatic N) is 10. The van der Waals surface area contributed by atoms with Gasteiger partial charge in [0.05, 0.1) is 132 Å². The summed E-state index contributed by atoms with van der Waals surface area (Å²) >= 11 is 0. The number of nitriles is 8. The summed E-state index contributed by atoms with van der Waals surface area (Å²) in [6, 6.07) is 62.8. The lowest BCUT2D eigenvalue weighted by molar-refractivity contribution is -0.137. The molecule has 11 rings (SSSR count). The molecule has 0 aliphatic rings. The fourth-order valence-corrected chi connectivity index (χ4v) is 10.4. The summed E-state index contributed by atoms with van der Waals surface area (Å²) in [4.78, 5) is 0. The van der Waals surface area contributed by atoms with E-state index >= 15 is 0 Å². The lowest BCUT2D eigenvalue weighted by atomic mass is 9.92. The van der Waals surface area contributed by atoms with Gasteiger partial charge in [-0.15, -0.1) is 0 Å². The van der Waals surface area contributed by atoms with Crippen LogP contribution < -0.4 is 0 Å². The van der Waals surface area contributed by atoms with Crippen molar-refractivity contribution >= 4 is 43.6 Å². The number of halogens is 3. The Kier molecular flexibility index (Phi) is 11.1. The van der Waals surface area contributed by atoms with Crippen LogP contribution in [0.5, 0.6) is 0 Å². The first-order valence-electron chi connectivity index (χ1n) is 23.1. The van der Waals surface area contributed by atoms with E-state index in [2.05, 4.69) is 30.3 Å². The third-order valence-corrected chi connectivity index (χ3v) is 13.6. The topological polar surface area (TPSA) is 200 Å². The molecule has 13 heteroatoms. The molecule has 0 saturated heterocycles. The molecule has 0 atom stereocenters. The Morgan fingerprint density at radius 3 is 1.17 bits per heavy atom. The van der Waals surface area contributed by atoms with Crippen LogP contribution in [0.4, 0.5) is 13.2 Å². The van der Waals surface area contributed by atoms with Gasteiger partial charge in [-0.05, 0) is 113 Å². The normalized spacial score (nSPS) is 11.0. The third-order valence-electron chi connectivity index (χ3n) is 13.6. The maximum atomic E-state index is 14.1. The molecule has 0 aliphatic carbocycles. The Hall–Kier alpha value is -11.7. The van der Waals surface area contributed by atoms with Gasteiger partial charge in [0.2, 0.25) is 0 Å². The minimum Gasteiger partial charge on any atom is -0.309 e. The van der Waals surface area contributed by atoms with Gasteiger partial charge in [-0.25, -0.2) is 0 Å². The number of hydrogen-bond acceptors (Lipinski definition) is 8. The molecule has 0 N–H and O–H groups in total. The lowest BCUT2D eigenvalue weighted by Gasteiger charge is -2.20. The molecular formula is C63H27F3N10. The highest BCUT2D eigenvalue weighted by atomic mass is 19.4. The van der Waals surface area contributed by atoms with E-state index in [0.29, 0.717) is 77.8 Å². The quantitative estimate of drug-likeness (QED) is 0.157. The van der Waals surface area contributed by atoms with E-state index in [-0.39, 0.29) is 44.5 Å². The van der Waals surface area contributed by atoms with E-state index < -0.39 is 11.7 Å². The number of alkyl halides is 3. The Balaban J connectivity index is 1.22. The average Bonchev–Trinajstić information content (AvgIpc) is 4.01. The molecule has 11 aromatic rings. The zero-order valence-corrected chi connectivity index (χ0v) is 39.2. The second-order valence-corrected chi connectivity index (χ2v) is 17.7. The van der Waals surface area contributed by atoms with Crippen LogP contribution in [-0.4, -0.2) is 9.13 Å². The molecule has 0 bridgehead atoms. The van der Waals surface area contributed by atoms with E-state index in [9.17, 15) is 55.3 Å². The molecule has 9 aromatic carbocycles. The average molecular weight is 981 g/mol. The van der Waals surface area contributed by atoms with Gasteiger partial charge in [0, 0.05) is 43.8 Å². The van der Waals surface area contributed by atoms with Crippen LogP contribution in [-0.2, 0) is 6.18 Å². The Morgan fingerprint density at radius 1 is 0.316 bits per heavy atom. The maximum Gasteiger partial charge on any atom is 0.416 e. The minimum absolute atomic E-state index is 0.140. The number of aromatic nitrogens is 2. The molecule has 350 valence electrons. The highest BCUT2D eigenvalue weighted by Crippen LogP contribution is 2.45. The first-order chi connectivity index (χ1) is 36.9. The number of para-hydroxylation sites is 2. The van der Waals surface area contributed by atoms with Crippen LogP contribution in [0.3, 0.4) is 0 Å². The summed E-state index contributed by atoms with van der Waals surface area (Å²) < 4.78 is 46.2. The summed E-state index contributed by atoms with van der Waals surface area (Å²) in [5.41, 5.74) is 7.78. The smallest absolute Gasteiger partial charge is 0.309 e. The zero-order valence-electron chi connectivity index (χ0n) is 39.2. The van der Waals surface area contributed by atoms with Crippen LogP contribution in [0, 0.1) is 90.6 Å². The van der Waals surface area contributed by atoms with Crippen molar-refractivity contribution in [1.82, 2.24) is 9.13 Å². The van der Waals surface area contributed by atoms with Crippen LogP contribution in [0.1, 0.15) is 50.1 Å². The molecule has 76 heavy (non-hydrogen) atoms. The molecule has 0 amide bonds. The third kappa shape index (κ3) is 7.44. The summed E-state index contributed by atoms with van der Waals surface area (Å²) in [6.45, 7) is 0. The molecule has 2 heterocycles. The first-order valence-corrected chi connectivity index (χ1v) is 23.1. The van der Waals surface area contributed by atoms with E-state index in [1.807, 2.05) is 118 Å². The maximum absolute atomic E-state index is 14.1. The lowest BCUT2D eigenvalue weighted by Crippen LogP contribution is -2.05. The number of fused-ring (bicyclic) bond motifs is 6. The number of hydrogen-bond donors (Lipinski definition) is 0. The van der Waals surface area contributed by atoms with E-state index in [1.54, 1.807) is 30.3 Å². The fourth-order valence-electron chi connectivity index (χ4n) is 10.4. The predicted molar refractivity (Wildman–Crippen MR) is 280 cm³/mol. The van der Waals surface area contributed by atoms with E-state index in [1.165, 1.54) is 30.3 Å². The van der Waals surface area contributed by atoms with Gasteiger partial charge in [0.1, 0.15) is 0 Å². The summed E-state index contributed by atoms with van der Waals surface area (Å²) in [7, 11) is 0. The predicted octanol–water partition coefficient (Wildman–Crippen LogP) is 14.5. The highest BCUT2D eigenvalue weighted by Gasteiger charge is 2.32. The van der Waals surface area contributed by atoms with Crippen molar-refractivity contribution in [2.75, 3.05) is 0 Å². The van der Waals surface area contributed by atoms with Crippen molar-refractivity contribution in [3.63, 3.8) is 0 Å². The molecule has 0 saturated carbocycles. The van der Waals surface area contributed by atoms with Crippen molar-refractivity contribution in [3.05, 3.63) is 214 Å². The van der Waals surface area contributed by atoms with Gasteiger partial charge in [-0.2, -0.15) is 55.3 Å². The zero-order chi connectivity index (χ0) is 53.0. The van der Waals surface area contributed by atoms with Gasteiger partial charge < -0.3 is 9.13 Å². The Bertz CT molecular complexity index is 4680. The molecule has 10 nitrogen and oxygen atoms in total. The fraction of sp³-hybridized carbons (Fsp3) is 0.0159. The highest BCUT2D eigenvalue weighted by molar-refractivity contribution is 6.13. The standard InChI is InChI=1S/C63H27F3N10/c64-63(65,66)47-13-16-48(42(24-47)31-70)39-10-15-52(60(27-39)76-56-8-4-2-6-50(56)54-26-41(12-18-58(54)76)62-45(34-73)21-38(30-69)22-46(62)35-74)51-14-9-36(28-67)23-59(51)75-55-7-3-1-5-49(55)53-25-40(11-17-57(53)75)61-43(32-71)19-37(29-68)20-44(61)33-72/h1-27H. The SMILES string of the molecule is N#Cc1cc(C#N)c(-c2ccc3c(c2)c2ccccc2n3-c2cc(C#N)ccc2-c2ccc(-c3ccc(C(F)(F)F)cc3C#N)cc2-n2c3ccccc3c3cc(-c4c(C#N)cc(C#N)cc4C#N)ccc32)c(C#N)c1. The van der Waals surface area contributed by atoms with Crippen LogP contribution in [0.25, 0.3) is 99.5 Å². The first kappa shape index (κ1) is 46.7. The van der Waals surface area contributed by atoms with Crippen molar-refractivity contribution < 1.29 is 13.2 Å². The van der Waals surface area contributed by atoms with Gasteiger partial charge >= 0.3 is 6.18 Å².